The Bertz CT molecular complexity index is 343. The van der Waals surface area contributed by atoms with Gasteiger partial charge in [0.05, 0.1) is 5.54 Å². The molecule has 0 bridgehead atoms. The van der Waals surface area contributed by atoms with Crippen molar-refractivity contribution in [2.24, 2.45) is 0 Å². The highest BCUT2D eigenvalue weighted by Gasteiger charge is 2.37. The Morgan fingerprint density at radius 1 is 1.44 bits per heavy atom. The zero-order chi connectivity index (χ0) is 11.6. The van der Waals surface area contributed by atoms with E-state index in [1.165, 1.54) is 5.01 Å². The SMILES string of the molecule is Cc1csc(C2(NC(C)C)CCOCC2)n1. The van der Waals surface area contributed by atoms with E-state index in [9.17, 15) is 0 Å². The normalized spacial score (nSPS) is 20.2. The molecule has 0 amide bonds. The lowest BCUT2D eigenvalue weighted by molar-refractivity contribution is 0.0330. The Morgan fingerprint density at radius 3 is 2.62 bits per heavy atom. The van der Waals surface area contributed by atoms with Gasteiger partial charge < -0.3 is 10.1 Å². The molecular formula is C12H20N2OS. The topological polar surface area (TPSA) is 34.1 Å². The summed E-state index contributed by atoms with van der Waals surface area (Å²) in [4.78, 5) is 4.66. The van der Waals surface area contributed by atoms with Gasteiger partial charge in [-0.3, -0.25) is 0 Å². The van der Waals surface area contributed by atoms with Crippen LogP contribution in [-0.4, -0.2) is 24.2 Å². The van der Waals surface area contributed by atoms with Gasteiger partial charge in [0.15, 0.2) is 0 Å². The molecule has 1 aliphatic rings. The van der Waals surface area contributed by atoms with E-state index < -0.39 is 0 Å². The molecule has 0 aromatic carbocycles. The molecule has 90 valence electrons. The van der Waals surface area contributed by atoms with Crippen LogP contribution < -0.4 is 5.32 Å². The van der Waals surface area contributed by atoms with Crippen LogP contribution in [0.4, 0.5) is 0 Å². The van der Waals surface area contributed by atoms with E-state index in [-0.39, 0.29) is 5.54 Å². The molecule has 1 aliphatic heterocycles. The molecule has 0 radical (unpaired) electrons. The predicted octanol–water partition coefficient (Wildman–Crippen LogP) is 2.46. The van der Waals surface area contributed by atoms with Gasteiger partial charge in [-0.25, -0.2) is 4.98 Å². The summed E-state index contributed by atoms with van der Waals surface area (Å²) >= 11 is 1.77. The minimum Gasteiger partial charge on any atom is -0.381 e. The molecule has 1 aromatic rings. The second-order valence-electron chi connectivity index (χ2n) is 4.79. The molecule has 0 saturated carbocycles. The summed E-state index contributed by atoms with van der Waals surface area (Å²) in [7, 11) is 0. The fourth-order valence-electron chi connectivity index (χ4n) is 2.27. The molecular weight excluding hydrogens is 220 g/mol. The third-order valence-corrected chi connectivity index (χ3v) is 4.10. The van der Waals surface area contributed by atoms with Crippen molar-refractivity contribution in [2.45, 2.75) is 45.2 Å². The summed E-state index contributed by atoms with van der Waals surface area (Å²) in [5.41, 5.74) is 1.17. The smallest absolute Gasteiger partial charge is 0.113 e. The lowest BCUT2D eigenvalue weighted by Crippen LogP contribution is -2.49. The molecule has 2 heterocycles. The van der Waals surface area contributed by atoms with Gasteiger partial charge >= 0.3 is 0 Å². The van der Waals surface area contributed by atoms with Crippen LogP contribution in [0.5, 0.6) is 0 Å². The first kappa shape index (κ1) is 12.0. The van der Waals surface area contributed by atoms with Crippen molar-refractivity contribution in [3.63, 3.8) is 0 Å². The summed E-state index contributed by atoms with van der Waals surface area (Å²) in [5, 5.41) is 7.05. The zero-order valence-corrected chi connectivity index (χ0v) is 11.1. The second kappa shape index (κ2) is 4.82. The highest BCUT2D eigenvalue weighted by Crippen LogP contribution is 2.34. The van der Waals surface area contributed by atoms with Crippen molar-refractivity contribution >= 4 is 11.3 Å². The van der Waals surface area contributed by atoms with Crippen LogP contribution >= 0.6 is 11.3 Å². The molecule has 3 nitrogen and oxygen atoms in total. The number of hydrogen-bond donors (Lipinski definition) is 1. The minimum absolute atomic E-state index is 0.0470. The molecule has 1 N–H and O–H groups in total. The Morgan fingerprint density at radius 2 is 2.12 bits per heavy atom. The van der Waals surface area contributed by atoms with E-state index in [2.05, 4.69) is 36.5 Å². The monoisotopic (exact) mass is 240 g/mol. The molecule has 1 fully saturated rings. The summed E-state index contributed by atoms with van der Waals surface area (Å²) < 4.78 is 5.47. The van der Waals surface area contributed by atoms with Crippen LogP contribution in [0.1, 0.15) is 37.4 Å². The van der Waals surface area contributed by atoms with E-state index in [0.717, 1.165) is 31.7 Å². The van der Waals surface area contributed by atoms with Crippen LogP contribution in [0.15, 0.2) is 5.38 Å². The number of rotatable bonds is 3. The average Bonchev–Trinajstić information content (AvgIpc) is 2.66. The minimum atomic E-state index is 0.0470. The molecule has 0 aliphatic carbocycles. The van der Waals surface area contributed by atoms with E-state index in [1.54, 1.807) is 11.3 Å². The van der Waals surface area contributed by atoms with Crippen molar-refractivity contribution in [1.29, 1.82) is 0 Å². The molecule has 16 heavy (non-hydrogen) atoms. The summed E-state index contributed by atoms with van der Waals surface area (Å²) in [6.07, 6.45) is 2.05. The first-order valence-electron chi connectivity index (χ1n) is 5.90. The van der Waals surface area contributed by atoms with E-state index >= 15 is 0 Å². The molecule has 0 spiro atoms. The standard InChI is InChI=1S/C12H20N2OS/c1-9(2)14-12(4-6-15-7-5-12)11-13-10(3)8-16-11/h8-9,14H,4-7H2,1-3H3. The van der Waals surface area contributed by atoms with Crippen molar-refractivity contribution < 1.29 is 4.74 Å². The van der Waals surface area contributed by atoms with Gasteiger partial charge in [0.1, 0.15) is 5.01 Å². The van der Waals surface area contributed by atoms with Gasteiger partial charge in [-0.1, -0.05) is 0 Å². The van der Waals surface area contributed by atoms with Gasteiger partial charge in [-0.15, -0.1) is 11.3 Å². The molecule has 1 saturated heterocycles. The number of nitrogens with zero attached hydrogens (tertiary/aromatic N) is 1. The maximum absolute atomic E-state index is 5.47. The Kier molecular flexibility index (Phi) is 3.62. The maximum atomic E-state index is 5.47. The lowest BCUT2D eigenvalue weighted by Gasteiger charge is -2.38. The van der Waals surface area contributed by atoms with Crippen LogP contribution in [0.2, 0.25) is 0 Å². The maximum Gasteiger partial charge on any atom is 0.113 e. The third kappa shape index (κ3) is 2.44. The third-order valence-electron chi connectivity index (χ3n) is 2.94. The first-order valence-corrected chi connectivity index (χ1v) is 6.78. The van der Waals surface area contributed by atoms with E-state index in [1.807, 2.05) is 0 Å². The average molecular weight is 240 g/mol. The first-order chi connectivity index (χ1) is 7.62. The van der Waals surface area contributed by atoms with Gasteiger partial charge in [-0.2, -0.15) is 0 Å². The van der Waals surface area contributed by atoms with Crippen molar-refractivity contribution in [3.8, 4) is 0 Å². The van der Waals surface area contributed by atoms with E-state index in [0.29, 0.717) is 6.04 Å². The van der Waals surface area contributed by atoms with Crippen molar-refractivity contribution in [3.05, 3.63) is 16.1 Å². The van der Waals surface area contributed by atoms with Gasteiger partial charge in [0.25, 0.3) is 0 Å². The van der Waals surface area contributed by atoms with Crippen LogP contribution in [0.3, 0.4) is 0 Å². The highest BCUT2D eigenvalue weighted by molar-refractivity contribution is 7.09. The number of ether oxygens (including phenoxy) is 1. The highest BCUT2D eigenvalue weighted by atomic mass is 32.1. The number of hydrogen-bond acceptors (Lipinski definition) is 4. The predicted molar refractivity (Wildman–Crippen MR) is 66.9 cm³/mol. The molecule has 4 heteroatoms. The number of aryl methyl sites for hydroxylation is 1. The summed E-state index contributed by atoms with van der Waals surface area (Å²) in [6.45, 7) is 8.11. The summed E-state index contributed by atoms with van der Waals surface area (Å²) in [6, 6.07) is 0.474. The molecule has 0 unspecified atom stereocenters. The van der Waals surface area contributed by atoms with Crippen molar-refractivity contribution in [2.75, 3.05) is 13.2 Å². The zero-order valence-electron chi connectivity index (χ0n) is 10.2. The number of thiazole rings is 1. The number of nitrogens with one attached hydrogen (secondary N) is 1. The fourth-order valence-corrected chi connectivity index (χ4v) is 3.29. The van der Waals surface area contributed by atoms with Gasteiger partial charge in [-0.05, 0) is 33.6 Å². The summed E-state index contributed by atoms with van der Waals surface area (Å²) in [5.74, 6) is 0. The van der Waals surface area contributed by atoms with Crippen LogP contribution in [0.25, 0.3) is 0 Å². The fraction of sp³-hybridized carbons (Fsp3) is 0.750. The van der Waals surface area contributed by atoms with Crippen LogP contribution in [0, 0.1) is 6.92 Å². The lowest BCUT2D eigenvalue weighted by atomic mass is 9.90. The Hall–Kier alpha value is -0.450. The van der Waals surface area contributed by atoms with Gasteiger partial charge in [0, 0.05) is 30.3 Å². The Balaban J connectivity index is 2.25. The molecule has 2 rings (SSSR count). The molecule has 0 atom stereocenters. The van der Waals surface area contributed by atoms with E-state index in [4.69, 9.17) is 4.74 Å². The second-order valence-corrected chi connectivity index (χ2v) is 5.65. The van der Waals surface area contributed by atoms with Crippen molar-refractivity contribution in [1.82, 2.24) is 10.3 Å². The van der Waals surface area contributed by atoms with Gasteiger partial charge in [0.2, 0.25) is 0 Å². The Labute approximate surface area is 101 Å². The number of aromatic nitrogens is 1. The molecule has 1 aromatic heterocycles. The largest absolute Gasteiger partial charge is 0.381 e. The van der Waals surface area contributed by atoms with Crippen LogP contribution in [-0.2, 0) is 10.3 Å². The quantitative estimate of drug-likeness (QED) is 0.881.